The smallest absolute Gasteiger partial charge is 0.306 e. The number of carboxylic acids is 1. The zero-order valence-corrected chi connectivity index (χ0v) is 13.6. The van der Waals surface area contributed by atoms with Crippen LogP contribution in [0.2, 0.25) is 0 Å². The van der Waals surface area contributed by atoms with Gasteiger partial charge in [0.05, 0.1) is 5.92 Å². The molecule has 4 nitrogen and oxygen atoms in total. The lowest BCUT2D eigenvalue weighted by atomic mass is 9.99. The molecule has 1 unspecified atom stereocenters. The van der Waals surface area contributed by atoms with E-state index in [4.69, 9.17) is 5.11 Å². The number of likely N-dealkylation sites (N-methyl/N-ethyl adjacent to an activating group) is 1. The van der Waals surface area contributed by atoms with Gasteiger partial charge in [-0.15, -0.1) is 0 Å². The van der Waals surface area contributed by atoms with E-state index in [1.807, 2.05) is 26.1 Å². The number of carbonyl (C=O) groups is 2. The average molecular weight is 303 g/mol. The summed E-state index contributed by atoms with van der Waals surface area (Å²) in [7, 11) is 1.83. The van der Waals surface area contributed by atoms with Crippen LogP contribution in [0.1, 0.15) is 37.3 Å². The van der Waals surface area contributed by atoms with Crippen molar-refractivity contribution >= 4 is 11.9 Å². The molecule has 1 amide bonds. The Hall–Kier alpha value is -1.84. The van der Waals surface area contributed by atoms with Gasteiger partial charge in [0.25, 0.3) is 0 Å². The van der Waals surface area contributed by atoms with Crippen molar-refractivity contribution in [2.45, 2.75) is 45.6 Å². The molecule has 0 radical (unpaired) electrons. The molecular weight excluding hydrogens is 278 g/mol. The Balaban J connectivity index is 1.96. The lowest BCUT2D eigenvalue weighted by Gasteiger charge is -2.28. The van der Waals surface area contributed by atoms with Crippen LogP contribution in [0.25, 0.3) is 0 Å². The van der Waals surface area contributed by atoms with E-state index in [0.29, 0.717) is 19.3 Å². The highest BCUT2D eigenvalue weighted by Gasteiger charge is 2.35. The Morgan fingerprint density at radius 1 is 1.27 bits per heavy atom. The van der Waals surface area contributed by atoms with E-state index in [-0.39, 0.29) is 23.8 Å². The van der Waals surface area contributed by atoms with Gasteiger partial charge in [0, 0.05) is 19.0 Å². The molecule has 1 aromatic carbocycles. The monoisotopic (exact) mass is 303 g/mol. The van der Waals surface area contributed by atoms with E-state index in [2.05, 4.69) is 19.1 Å². The van der Waals surface area contributed by atoms with E-state index < -0.39 is 5.97 Å². The normalized spacial score (nSPS) is 22.3. The van der Waals surface area contributed by atoms with E-state index in [0.717, 1.165) is 6.42 Å². The third-order valence-electron chi connectivity index (χ3n) is 4.92. The highest BCUT2D eigenvalue weighted by Crippen LogP contribution is 2.32. The average Bonchev–Trinajstić information content (AvgIpc) is 2.98. The first-order valence-electron chi connectivity index (χ1n) is 7.94. The van der Waals surface area contributed by atoms with Gasteiger partial charge in [0.2, 0.25) is 5.91 Å². The molecule has 0 heterocycles. The van der Waals surface area contributed by atoms with Crippen molar-refractivity contribution in [2.24, 2.45) is 11.8 Å². The van der Waals surface area contributed by atoms with E-state index in [1.54, 1.807) is 4.90 Å². The van der Waals surface area contributed by atoms with Crippen LogP contribution in [-0.4, -0.2) is 35.0 Å². The zero-order chi connectivity index (χ0) is 16.3. The van der Waals surface area contributed by atoms with Gasteiger partial charge in [-0.3, -0.25) is 9.59 Å². The summed E-state index contributed by atoms with van der Waals surface area (Å²) in [4.78, 5) is 25.4. The minimum absolute atomic E-state index is 0.0878. The number of carboxylic acid groups (broad SMARTS) is 1. The van der Waals surface area contributed by atoms with Gasteiger partial charge in [-0.05, 0) is 50.7 Å². The van der Waals surface area contributed by atoms with Gasteiger partial charge in [0.15, 0.2) is 0 Å². The van der Waals surface area contributed by atoms with Crippen LogP contribution < -0.4 is 0 Å². The molecule has 1 aliphatic rings. The van der Waals surface area contributed by atoms with E-state index in [9.17, 15) is 9.59 Å². The predicted molar refractivity (Wildman–Crippen MR) is 85.6 cm³/mol. The van der Waals surface area contributed by atoms with Crippen LogP contribution in [-0.2, 0) is 16.0 Å². The number of aliphatic carboxylic acids is 1. The van der Waals surface area contributed by atoms with Crippen molar-refractivity contribution < 1.29 is 14.7 Å². The van der Waals surface area contributed by atoms with Crippen LogP contribution in [0.5, 0.6) is 0 Å². The molecule has 4 heteroatoms. The Kier molecular flexibility index (Phi) is 5.22. The lowest BCUT2D eigenvalue weighted by molar-refractivity contribution is -0.141. The van der Waals surface area contributed by atoms with Gasteiger partial charge in [-0.1, -0.05) is 24.3 Å². The maximum absolute atomic E-state index is 12.6. The number of nitrogens with zero attached hydrogens (tertiary/aromatic N) is 1. The van der Waals surface area contributed by atoms with Crippen molar-refractivity contribution in [1.29, 1.82) is 0 Å². The molecule has 120 valence electrons. The minimum Gasteiger partial charge on any atom is -0.481 e. The topological polar surface area (TPSA) is 57.6 Å². The van der Waals surface area contributed by atoms with Crippen molar-refractivity contribution in [2.75, 3.05) is 7.05 Å². The molecule has 0 aromatic heterocycles. The molecule has 1 fully saturated rings. The summed E-state index contributed by atoms with van der Waals surface area (Å²) in [6, 6.07) is 8.32. The summed E-state index contributed by atoms with van der Waals surface area (Å²) in [6.07, 6.45) is 2.61. The van der Waals surface area contributed by atoms with Crippen LogP contribution in [0.15, 0.2) is 24.3 Å². The molecule has 2 rings (SSSR count). The molecule has 0 bridgehead atoms. The number of aryl methyl sites for hydroxylation is 1. The van der Waals surface area contributed by atoms with Gasteiger partial charge < -0.3 is 10.0 Å². The van der Waals surface area contributed by atoms with Crippen LogP contribution >= 0.6 is 0 Å². The summed E-state index contributed by atoms with van der Waals surface area (Å²) in [5.74, 6) is -1.17. The number of hydrogen-bond donors (Lipinski definition) is 1. The molecular formula is C18H25NO3. The SMILES string of the molecule is Cc1ccccc1CC(C)N(C)C(=O)[C@@H]1CC[C@H](C(=O)O)C1. The summed E-state index contributed by atoms with van der Waals surface area (Å²) in [5.41, 5.74) is 2.49. The number of rotatable bonds is 5. The highest BCUT2D eigenvalue weighted by atomic mass is 16.4. The second-order valence-corrected chi connectivity index (χ2v) is 6.47. The van der Waals surface area contributed by atoms with Crippen molar-refractivity contribution in [3.05, 3.63) is 35.4 Å². The van der Waals surface area contributed by atoms with Gasteiger partial charge in [-0.25, -0.2) is 0 Å². The Bertz CT molecular complexity index is 555. The summed E-state index contributed by atoms with van der Waals surface area (Å²) in [6.45, 7) is 4.13. The maximum Gasteiger partial charge on any atom is 0.306 e. The largest absolute Gasteiger partial charge is 0.481 e. The molecule has 1 N–H and O–H groups in total. The van der Waals surface area contributed by atoms with Crippen molar-refractivity contribution in [3.63, 3.8) is 0 Å². The molecule has 1 saturated carbocycles. The molecule has 0 saturated heterocycles. The maximum atomic E-state index is 12.6. The first kappa shape index (κ1) is 16.5. The second-order valence-electron chi connectivity index (χ2n) is 6.47. The molecule has 0 spiro atoms. The fourth-order valence-electron chi connectivity index (χ4n) is 3.23. The number of hydrogen-bond acceptors (Lipinski definition) is 2. The molecule has 1 aromatic rings. The molecule has 1 aliphatic carbocycles. The quantitative estimate of drug-likeness (QED) is 0.910. The first-order chi connectivity index (χ1) is 10.4. The van der Waals surface area contributed by atoms with Crippen LogP contribution in [0.4, 0.5) is 0 Å². The Morgan fingerprint density at radius 2 is 1.91 bits per heavy atom. The summed E-state index contributed by atoms with van der Waals surface area (Å²) >= 11 is 0. The Labute approximate surface area is 132 Å². The number of carbonyl (C=O) groups excluding carboxylic acids is 1. The highest BCUT2D eigenvalue weighted by molar-refractivity contribution is 5.81. The summed E-state index contributed by atoms with van der Waals surface area (Å²) in [5, 5.41) is 9.06. The van der Waals surface area contributed by atoms with E-state index >= 15 is 0 Å². The number of amides is 1. The number of benzene rings is 1. The van der Waals surface area contributed by atoms with Crippen molar-refractivity contribution in [3.8, 4) is 0 Å². The molecule has 3 atom stereocenters. The fraction of sp³-hybridized carbons (Fsp3) is 0.556. The summed E-state index contributed by atoms with van der Waals surface area (Å²) < 4.78 is 0. The van der Waals surface area contributed by atoms with Crippen LogP contribution in [0, 0.1) is 18.8 Å². The molecule has 0 aliphatic heterocycles. The second kappa shape index (κ2) is 6.95. The van der Waals surface area contributed by atoms with Gasteiger partial charge >= 0.3 is 5.97 Å². The third-order valence-corrected chi connectivity index (χ3v) is 4.92. The van der Waals surface area contributed by atoms with Crippen molar-refractivity contribution in [1.82, 2.24) is 4.90 Å². The van der Waals surface area contributed by atoms with Gasteiger partial charge in [0.1, 0.15) is 0 Å². The Morgan fingerprint density at radius 3 is 2.50 bits per heavy atom. The molecule has 22 heavy (non-hydrogen) atoms. The first-order valence-corrected chi connectivity index (χ1v) is 7.94. The van der Waals surface area contributed by atoms with Crippen LogP contribution in [0.3, 0.4) is 0 Å². The lowest BCUT2D eigenvalue weighted by Crippen LogP contribution is -2.40. The standard InChI is InChI=1S/C18H25NO3/c1-12-6-4-5-7-14(12)10-13(2)19(3)17(20)15-8-9-16(11-15)18(21)22/h4-7,13,15-16H,8-11H2,1-3H3,(H,21,22)/t13?,15-,16+/m1/s1. The minimum atomic E-state index is -0.772. The van der Waals surface area contributed by atoms with Gasteiger partial charge in [-0.2, -0.15) is 0 Å². The third kappa shape index (κ3) is 3.67. The predicted octanol–water partition coefficient (Wildman–Crippen LogP) is 2.89. The fourth-order valence-corrected chi connectivity index (χ4v) is 3.23. The van der Waals surface area contributed by atoms with E-state index in [1.165, 1.54) is 11.1 Å². The zero-order valence-electron chi connectivity index (χ0n) is 13.6.